The Kier molecular flexibility index (Phi) is 3.33. The van der Waals surface area contributed by atoms with Gasteiger partial charge < -0.3 is 11.1 Å². The van der Waals surface area contributed by atoms with E-state index in [1.165, 1.54) is 19.3 Å². The molecule has 0 aromatic carbocycles. The molecule has 92 valence electrons. The van der Waals surface area contributed by atoms with Crippen LogP contribution in [0.5, 0.6) is 0 Å². The summed E-state index contributed by atoms with van der Waals surface area (Å²) in [4.78, 5) is 4.57. The lowest BCUT2D eigenvalue weighted by molar-refractivity contribution is 0.378. The van der Waals surface area contributed by atoms with E-state index in [1.807, 2.05) is 12.1 Å². The Labute approximate surface area is 108 Å². The van der Waals surface area contributed by atoms with Crippen molar-refractivity contribution in [3.63, 3.8) is 0 Å². The highest BCUT2D eigenvalue weighted by Crippen LogP contribution is 2.38. The number of nitrogens with two attached hydrogens (primary N) is 1. The molecule has 0 bridgehead atoms. The van der Waals surface area contributed by atoms with Crippen LogP contribution >= 0.6 is 12.2 Å². The standard InChI is InChI=1S/C13H19N3S/c1-13(2)6-5-9(7-13)16-10-3-4-11(12(14)17)15-8-10/h3-4,8-9,16H,5-7H2,1-2H3,(H2,14,17). The fraction of sp³-hybridized carbons (Fsp3) is 0.538. The van der Waals surface area contributed by atoms with Crippen molar-refractivity contribution in [2.45, 2.75) is 39.2 Å². The minimum atomic E-state index is 0.346. The summed E-state index contributed by atoms with van der Waals surface area (Å²) in [6, 6.07) is 4.42. The number of rotatable bonds is 3. The zero-order valence-electron chi connectivity index (χ0n) is 10.4. The minimum Gasteiger partial charge on any atom is -0.388 e. The molecular weight excluding hydrogens is 230 g/mol. The van der Waals surface area contributed by atoms with Crippen LogP contribution in [0.15, 0.2) is 18.3 Å². The van der Waals surface area contributed by atoms with Gasteiger partial charge in [-0.2, -0.15) is 0 Å². The van der Waals surface area contributed by atoms with Gasteiger partial charge in [0.2, 0.25) is 0 Å². The Morgan fingerprint density at radius 3 is 2.76 bits per heavy atom. The van der Waals surface area contributed by atoms with Gasteiger partial charge in [0.05, 0.1) is 17.6 Å². The van der Waals surface area contributed by atoms with E-state index in [2.05, 4.69) is 24.1 Å². The molecule has 0 aliphatic heterocycles. The molecule has 4 heteroatoms. The van der Waals surface area contributed by atoms with Crippen molar-refractivity contribution in [1.82, 2.24) is 4.98 Å². The van der Waals surface area contributed by atoms with Crippen LogP contribution in [0.25, 0.3) is 0 Å². The summed E-state index contributed by atoms with van der Waals surface area (Å²) in [5, 5.41) is 3.52. The van der Waals surface area contributed by atoms with Crippen LogP contribution < -0.4 is 11.1 Å². The highest BCUT2D eigenvalue weighted by atomic mass is 32.1. The summed E-state index contributed by atoms with van der Waals surface area (Å²) in [5.41, 5.74) is 7.70. The van der Waals surface area contributed by atoms with Crippen LogP contribution in [-0.4, -0.2) is 16.0 Å². The van der Waals surface area contributed by atoms with Crippen molar-refractivity contribution < 1.29 is 0 Å². The number of hydrogen-bond donors (Lipinski definition) is 2. The van der Waals surface area contributed by atoms with Gasteiger partial charge in [0.15, 0.2) is 0 Å². The van der Waals surface area contributed by atoms with Crippen LogP contribution in [0.3, 0.4) is 0 Å². The third-order valence-electron chi connectivity index (χ3n) is 3.36. The van der Waals surface area contributed by atoms with E-state index >= 15 is 0 Å². The van der Waals surface area contributed by atoms with Crippen LogP contribution in [-0.2, 0) is 0 Å². The molecule has 1 aromatic rings. The summed E-state index contributed by atoms with van der Waals surface area (Å²) in [7, 11) is 0. The molecular formula is C13H19N3S. The first kappa shape index (κ1) is 12.3. The molecule has 17 heavy (non-hydrogen) atoms. The van der Waals surface area contributed by atoms with Gasteiger partial charge in [-0.3, -0.25) is 4.98 Å². The first-order valence-electron chi connectivity index (χ1n) is 5.99. The van der Waals surface area contributed by atoms with Crippen molar-refractivity contribution >= 4 is 22.9 Å². The maximum absolute atomic E-state index is 5.51. The van der Waals surface area contributed by atoms with Gasteiger partial charge in [-0.1, -0.05) is 26.1 Å². The van der Waals surface area contributed by atoms with E-state index in [1.54, 1.807) is 6.20 Å². The van der Waals surface area contributed by atoms with Gasteiger partial charge >= 0.3 is 0 Å². The second-order valence-corrected chi connectivity index (χ2v) is 5.98. The summed E-state index contributed by atoms with van der Waals surface area (Å²) in [5.74, 6) is 0. The van der Waals surface area contributed by atoms with Crippen molar-refractivity contribution in [2.24, 2.45) is 11.1 Å². The second kappa shape index (κ2) is 4.61. The quantitative estimate of drug-likeness (QED) is 0.809. The lowest BCUT2D eigenvalue weighted by Gasteiger charge is -2.18. The predicted octanol–water partition coefficient (Wildman–Crippen LogP) is 2.71. The number of nitrogens with zero attached hydrogens (tertiary/aromatic N) is 1. The minimum absolute atomic E-state index is 0.346. The SMILES string of the molecule is CC1(C)CCC(Nc2ccc(C(N)=S)nc2)C1. The van der Waals surface area contributed by atoms with Crippen molar-refractivity contribution in [2.75, 3.05) is 5.32 Å². The Hall–Kier alpha value is -1.16. The molecule has 0 amide bonds. The lowest BCUT2D eigenvalue weighted by atomic mass is 9.92. The molecule has 1 fully saturated rings. The third-order valence-corrected chi connectivity index (χ3v) is 3.56. The maximum Gasteiger partial charge on any atom is 0.122 e. The fourth-order valence-corrected chi connectivity index (χ4v) is 2.54. The van der Waals surface area contributed by atoms with E-state index in [4.69, 9.17) is 18.0 Å². The van der Waals surface area contributed by atoms with E-state index < -0.39 is 0 Å². The van der Waals surface area contributed by atoms with Crippen LogP contribution in [0.4, 0.5) is 5.69 Å². The molecule has 0 saturated heterocycles. The molecule has 1 heterocycles. The van der Waals surface area contributed by atoms with Gasteiger partial charge in [0, 0.05) is 6.04 Å². The van der Waals surface area contributed by atoms with Gasteiger partial charge in [-0.25, -0.2) is 0 Å². The number of nitrogens with one attached hydrogen (secondary N) is 1. The monoisotopic (exact) mass is 249 g/mol. The molecule has 3 N–H and O–H groups in total. The lowest BCUT2D eigenvalue weighted by Crippen LogP contribution is -2.18. The third kappa shape index (κ3) is 3.16. The van der Waals surface area contributed by atoms with E-state index in [9.17, 15) is 0 Å². The summed E-state index contributed by atoms with van der Waals surface area (Å²) < 4.78 is 0. The van der Waals surface area contributed by atoms with Gasteiger partial charge in [0.25, 0.3) is 0 Å². The molecule has 1 aliphatic carbocycles. The number of anilines is 1. The van der Waals surface area contributed by atoms with Crippen LogP contribution in [0, 0.1) is 5.41 Å². The number of pyridine rings is 1. The molecule has 1 aliphatic rings. The molecule has 3 nitrogen and oxygen atoms in total. The molecule has 0 radical (unpaired) electrons. The molecule has 1 aromatic heterocycles. The Morgan fingerprint density at radius 1 is 1.53 bits per heavy atom. The molecule has 1 unspecified atom stereocenters. The van der Waals surface area contributed by atoms with Crippen LogP contribution in [0.1, 0.15) is 38.8 Å². The smallest absolute Gasteiger partial charge is 0.122 e. The average Bonchev–Trinajstić information content (AvgIpc) is 2.59. The fourth-order valence-electron chi connectivity index (χ4n) is 2.42. The highest BCUT2D eigenvalue weighted by molar-refractivity contribution is 7.80. The summed E-state index contributed by atoms with van der Waals surface area (Å²) in [6.07, 6.45) is 5.52. The largest absolute Gasteiger partial charge is 0.388 e. The first-order valence-corrected chi connectivity index (χ1v) is 6.39. The Bertz CT molecular complexity index is 411. The number of thiocarbonyl (C=S) groups is 1. The van der Waals surface area contributed by atoms with Crippen LogP contribution in [0.2, 0.25) is 0 Å². The highest BCUT2D eigenvalue weighted by Gasteiger charge is 2.30. The van der Waals surface area contributed by atoms with E-state index in [-0.39, 0.29) is 0 Å². The van der Waals surface area contributed by atoms with Gasteiger partial charge in [-0.15, -0.1) is 0 Å². The average molecular weight is 249 g/mol. The van der Waals surface area contributed by atoms with Gasteiger partial charge in [0.1, 0.15) is 4.99 Å². The molecule has 2 rings (SSSR count). The van der Waals surface area contributed by atoms with Crippen molar-refractivity contribution in [3.05, 3.63) is 24.0 Å². The molecule has 1 saturated carbocycles. The van der Waals surface area contributed by atoms with Gasteiger partial charge in [-0.05, 0) is 36.8 Å². The number of hydrogen-bond acceptors (Lipinski definition) is 3. The second-order valence-electron chi connectivity index (χ2n) is 5.54. The molecule has 1 atom stereocenters. The molecule has 0 spiro atoms. The maximum atomic E-state index is 5.51. The Morgan fingerprint density at radius 2 is 2.29 bits per heavy atom. The summed E-state index contributed by atoms with van der Waals surface area (Å²) in [6.45, 7) is 4.64. The summed E-state index contributed by atoms with van der Waals surface area (Å²) >= 11 is 4.87. The van der Waals surface area contributed by atoms with Crippen molar-refractivity contribution in [1.29, 1.82) is 0 Å². The normalized spacial score (nSPS) is 22.4. The van der Waals surface area contributed by atoms with E-state index in [0.29, 0.717) is 22.1 Å². The topological polar surface area (TPSA) is 50.9 Å². The zero-order valence-corrected chi connectivity index (χ0v) is 11.2. The predicted molar refractivity (Wildman–Crippen MR) is 75.2 cm³/mol. The zero-order chi connectivity index (χ0) is 12.5. The Balaban J connectivity index is 1.98. The first-order chi connectivity index (χ1) is 7.96. The van der Waals surface area contributed by atoms with Crippen molar-refractivity contribution in [3.8, 4) is 0 Å². The van der Waals surface area contributed by atoms with E-state index in [0.717, 1.165) is 5.69 Å². The number of aromatic nitrogens is 1.